The van der Waals surface area contributed by atoms with Crippen LogP contribution in [0.1, 0.15) is 48.2 Å². The quantitative estimate of drug-likeness (QED) is 0.193. The van der Waals surface area contributed by atoms with Crippen molar-refractivity contribution in [1.82, 2.24) is 33.7 Å². The summed E-state index contributed by atoms with van der Waals surface area (Å²) in [5.41, 5.74) is 3.46. The zero-order valence-electron chi connectivity index (χ0n) is 29.6. The predicted molar refractivity (Wildman–Crippen MR) is 189 cm³/mol. The van der Waals surface area contributed by atoms with Gasteiger partial charge in [0.2, 0.25) is 0 Å². The van der Waals surface area contributed by atoms with E-state index in [2.05, 4.69) is 27.0 Å². The number of primary sulfonamides is 1. The molecule has 0 bridgehead atoms. The minimum Gasteiger partial charge on any atom is -0.497 e. The van der Waals surface area contributed by atoms with Crippen molar-refractivity contribution in [2.75, 3.05) is 28.3 Å². The van der Waals surface area contributed by atoms with Crippen LogP contribution >= 0.6 is 0 Å². The first-order chi connectivity index (χ1) is 23.7. The van der Waals surface area contributed by atoms with E-state index < -0.39 is 20.0 Å². The minimum atomic E-state index is -3.85. The summed E-state index contributed by atoms with van der Waals surface area (Å²) in [7, 11) is 3.29. The van der Waals surface area contributed by atoms with E-state index in [4.69, 9.17) is 14.6 Å². The molecule has 2 aromatic carbocycles. The van der Waals surface area contributed by atoms with Gasteiger partial charge < -0.3 is 9.47 Å². The highest BCUT2D eigenvalue weighted by Crippen LogP contribution is 2.29. The lowest BCUT2D eigenvalue weighted by molar-refractivity contribution is 0.307. The maximum Gasteiger partial charge on any atom is 0.262 e. The number of rotatable bonds is 15. The van der Waals surface area contributed by atoms with E-state index in [0.717, 1.165) is 34.0 Å². The highest BCUT2D eigenvalue weighted by molar-refractivity contribution is 7.89. The van der Waals surface area contributed by atoms with Gasteiger partial charge >= 0.3 is 0 Å². The third kappa shape index (κ3) is 9.70. The SMILES string of the molecule is CN(Cc1cc(S(N)(=O)=O)nn1C)C1CC1.COc1ccc(CN(Cc2ccc(OC)cc2)S(=O)(=O)c2cc(CN(C)C3CC3)n(C)n2)cc1. The zero-order chi connectivity index (χ0) is 36.2. The normalized spacial score (nSPS) is 15.0. The first kappa shape index (κ1) is 37.5. The van der Waals surface area contributed by atoms with Crippen LogP contribution in [0, 0.1) is 0 Å². The molecule has 0 saturated heterocycles. The highest BCUT2D eigenvalue weighted by Gasteiger charge is 2.31. The van der Waals surface area contributed by atoms with Crippen molar-refractivity contribution in [3.63, 3.8) is 0 Å². The second kappa shape index (κ2) is 15.6. The number of hydrogen-bond donors (Lipinski definition) is 1. The average Bonchev–Trinajstić information content (AvgIpc) is 4.02. The van der Waals surface area contributed by atoms with Crippen LogP contribution < -0.4 is 14.6 Å². The maximum atomic E-state index is 13.8. The second-order valence-electron chi connectivity index (χ2n) is 13.0. The topological polar surface area (TPSA) is 158 Å². The summed E-state index contributed by atoms with van der Waals surface area (Å²) in [5, 5.41) is 13.3. The molecule has 4 aromatic rings. The molecule has 2 aliphatic rings. The second-order valence-corrected chi connectivity index (χ2v) is 16.4. The van der Waals surface area contributed by atoms with Crippen LogP contribution in [0.15, 0.2) is 70.7 Å². The Hall–Kier alpha value is -3.80. The summed E-state index contributed by atoms with van der Waals surface area (Å²) in [5.74, 6) is 1.45. The van der Waals surface area contributed by atoms with Gasteiger partial charge in [-0.15, -0.1) is 0 Å². The Morgan fingerprint density at radius 1 is 0.680 bits per heavy atom. The number of sulfonamides is 2. The highest BCUT2D eigenvalue weighted by atomic mass is 32.2. The summed E-state index contributed by atoms with van der Waals surface area (Å²) in [6, 6.07) is 19.3. The maximum absolute atomic E-state index is 13.8. The molecule has 2 saturated carbocycles. The molecular formula is C34H48N8O6S2. The van der Waals surface area contributed by atoms with E-state index in [1.165, 1.54) is 36.1 Å². The molecule has 0 radical (unpaired) electrons. The Bertz CT molecular complexity index is 1900. The molecule has 0 spiro atoms. The Kier molecular flexibility index (Phi) is 11.7. The van der Waals surface area contributed by atoms with Gasteiger partial charge in [-0.05, 0) is 75.2 Å². The molecule has 0 amide bonds. The molecular weight excluding hydrogens is 681 g/mol. The summed E-state index contributed by atoms with van der Waals surface area (Å²) >= 11 is 0. The van der Waals surface area contributed by atoms with Crippen LogP contribution in [0.2, 0.25) is 0 Å². The van der Waals surface area contributed by atoms with Crippen LogP contribution in [0.4, 0.5) is 0 Å². The van der Waals surface area contributed by atoms with Crippen molar-refractivity contribution >= 4 is 20.0 Å². The van der Waals surface area contributed by atoms with Gasteiger partial charge in [0.05, 0.1) is 25.6 Å². The lowest BCUT2D eigenvalue weighted by Crippen LogP contribution is -2.30. The van der Waals surface area contributed by atoms with E-state index in [1.807, 2.05) is 55.6 Å². The number of nitrogens with two attached hydrogens (primary N) is 1. The number of aromatic nitrogens is 4. The fourth-order valence-corrected chi connectivity index (χ4v) is 7.49. The molecule has 0 atom stereocenters. The number of methoxy groups -OCH3 is 2. The average molecular weight is 729 g/mol. The summed E-state index contributed by atoms with van der Waals surface area (Å²) in [6.07, 6.45) is 4.82. The van der Waals surface area contributed by atoms with Gasteiger partial charge in [-0.1, -0.05) is 24.3 Å². The zero-order valence-corrected chi connectivity index (χ0v) is 31.2. The van der Waals surface area contributed by atoms with Gasteiger partial charge in [0.25, 0.3) is 20.0 Å². The minimum absolute atomic E-state index is 0.0609. The van der Waals surface area contributed by atoms with Crippen LogP contribution in [0.25, 0.3) is 0 Å². The van der Waals surface area contributed by atoms with Crippen molar-refractivity contribution in [3.8, 4) is 11.5 Å². The largest absolute Gasteiger partial charge is 0.497 e. The van der Waals surface area contributed by atoms with Crippen LogP contribution in [0.3, 0.4) is 0 Å². The van der Waals surface area contributed by atoms with Crippen molar-refractivity contribution in [3.05, 3.63) is 83.2 Å². The van der Waals surface area contributed by atoms with Gasteiger partial charge in [-0.25, -0.2) is 22.0 Å². The molecule has 2 fully saturated rings. The van der Waals surface area contributed by atoms with Gasteiger partial charge in [-0.3, -0.25) is 19.2 Å². The summed E-state index contributed by atoms with van der Waals surface area (Å²) < 4.78 is 65.0. The molecule has 14 nitrogen and oxygen atoms in total. The molecule has 0 unspecified atom stereocenters. The molecule has 6 rings (SSSR count). The van der Waals surface area contributed by atoms with Crippen LogP contribution in [0.5, 0.6) is 11.5 Å². The Morgan fingerprint density at radius 2 is 1.06 bits per heavy atom. The molecule has 16 heteroatoms. The summed E-state index contributed by atoms with van der Waals surface area (Å²) in [4.78, 5) is 4.45. The van der Waals surface area contributed by atoms with Crippen molar-refractivity contribution in [1.29, 1.82) is 0 Å². The number of benzene rings is 2. The Morgan fingerprint density at radius 3 is 1.40 bits per heavy atom. The van der Waals surface area contributed by atoms with Crippen LogP contribution in [-0.2, 0) is 60.3 Å². The number of nitrogens with zero attached hydrogens (tertiary/aromatic N) is 7. The van der Waals surface area contributed by atoms with E-state index in [-0.39, 0.29) is 23.1 Å². The van der Waals surface area contributed by atoms with E-state index in [9.17, 15) is 16.8 Å². The Balaban J connectivity index is 0.000000253. The molecule has 2 aliphatic carbocycles. The number of hydrogen-bond acceptors (Lipinski definition) is 10. The molecule has 50 heavy (non-hydrogen) atoms. The van der Waals surface area contributed by atoms with E-state index in [1.54, 1.807) is 43.7 Å². The van der Waals surface area contributed by atoms with Gasteiger partial charge in [0.1, 0.15) is 11.5 Å². The molecule has 2 aromatic heterocycles. The van der Waals surface area contributed by atoms with Crippen molar-refractivity contribution in [2.45, 2.75) is 74.0 Å². The lowest BCUT2D eigenvalue weighted by Gasteiger charge is -2.21. The monoisotopic (exact) mass is 728 g/mol. The predicted octanol–water partition coefficient (Wildman–Crippen LogP) is 3.08. The summed E-state index contributed by atoms with van der Waals surface area (Å²) in [6.45, 7) is 1.79. The van der Waals surface area contributed by atoms with Crippen LogP contribution in [-0.4, -0.2) is 90.9 Å². The van der Waals surface area contributed by atoms with Gasteiger partial charge in [0.15, 0.2) is 10.1 Å². The molecule has 0 aliphatic heterocycles. The fourth-order valence-electron chi connectivity index (χ4n) is 5.54. The Labute approximate surface area is 295 Å². The van der Waals surface area contributed by atoms with Crippen molar-refractivity contribution in [2.24, 2.45) is 19.2 Å². The van der Waals surface area contributed by atoms with Gasteiger partial charge in [-0.2, -0.15) is 14.5 Å². The molecule has 2 N–H and O–H groups in total. The molecule has 272 valence electrons. The third-order valence-electron chi connectivity index (χ3n) is 9.00. The fraction of sp³-hybridized carbons (Fsp3) is 0.471. The lowest BCUT2D eigenvalue weighted by atomic mass is 10.2. The van der Waals surface area contributed by atoms with Crippen molar-refractivity contribution < 1.29 is 26.3 Å². The standard InChI is InChI=1S/C25H32N4O4S.C9H16N4O2S/c1-27(21-9-10-21)18-22-15-25(26-28(22)2)34(30,31)29(16-19-5-11-23(32-3)12-6-19)17-20-7-13-24(33-4)14-8-20;1-12(7-3-4-7)6-8-5-9(11-13(8)2)16(10,14)15/h5-8,11-15,21H,9-10,16-18H2,1-4H3;5,7H,3-4,6H2,1-2H3,(H2,10,14,15). The third-order valence-corrected chi connectivity index (χ3v) is 11.5. The van der Waals surface area contributed by atoms with E-state index >= 15 is 0 Å². The van der Waals surface area contributed by atoms with E-state index in [0.29, 0.717) is 25.2 Å². The number of ether oxygens (including phenoxy) is 2. The molecule has 2 heterocycles. The smallest absolute Gasteiger partial charge is 0.262 e. The van der Waals surface area contributed by atoms with Gasteiger partial charge in [0, 0.05) is 64.5 Å². The number of aryl methyl sites for hydroxylation is 2. The first-order valence-corrected chi connectivity index (χ1v) is 19.4. The first-order valence-electron chi connectivity index (χ1n) is 16.4.